The molecule has 0 aliphatic heterocycles. The molecular formula is C27H23N5O. The van der Waals surface area contributed by atoms with Crippen LogP contribution >= 0.6 is 0 Å². The fourth-order valence-electron chi connectivity index (χ4n) is 3.89. The van der Waals surface area contributed by atoms with Crippen molar-refractivity contribution in [3.8, 4) is 22.3 Å². The van der Waals surface area contributed by atoms with Crippen molar-refractivity contribution in [1.82, 2.24) is 25.1 Å². The highest BCUT2D eigenvalue weighted by atomic mass is 16.1. The predicted molar refractivity (Wildman–Crippen MR) is 129 cm³/mol. The van der Waals surface area contributed by atoms with Crippen LogP contribution in [0.1, 0.15) is 29.0 Å². The van der Waals surface area contributed by atoms with Gasteiger partial charge < -0.3 is 5.32 Å². The molecule has 6 nitrogen and oxygen atoms in total. The Hall–Kier alpha value is -4.32. The number of amides is 1. The summed E-state index contributed by atoms with van der Waals surface area (Å²) in [5, 5.41) is 8.16. The summed E-state index contributed by atoms with van der Waals surface area (Å²) in [7, 11) is 1.90. The number of pyridine rings is 2. The number of fused-ring (bicyclic) bond motifs is 1. The maximum atomic E-state index is 12.9. The summed E-state index contributed by atoms with van der Waals surface area (Å²) < 4.78 is 1.78. The quantitative estimate of drug-likeness (QED) is 0.414. The van der Waals surface area contributed by atoms with Crippen LogP contribution in [-0.4, -0.2) is 25.7 Å². The maximum Gasteiger partial charge on any atom is 0.270 e. The van der Waals surface area contributed by atoms with Gasteiger partial charge in [0, 0.05) is 42.2 Å². The minimum atomic E-state index is -0.206. The van der Waals surface area contributed by atoms with E-state index in [4.69, 9.17) is 4.98 Å². The Labute approximate surface area is 192 Å². The van der Waals surface area contributed by atoms with E-state index in [1.165, 1.54) is 0 Å². The number of nitrogens with one attached hydrogen (secondary N) is 1. The van der Waals surface area contributed by atoms with Crippen molar-refractivity contribution in [2.24, 2.45) is 7.05 Å². The van der Waals surface area contributed by atoms with Gasteiger partial charge in [0.1, 0.15) is 5.69 Å². The Bertz CT molecular complexity index is 1420. The fourth-order valence-corrected chi connectivity index (χ4v) is 3.89. The Balaban J connectivity index is 1.45. The number of aromatic nitrogens is 4. The third-order valence-corrected chi connectivity index (χ3v) is 5.71. The van der Waals surface area contributed by atoms with Crippen molar-refractivity contribution in [2.45, 2.75) is 13.0 Å². The Kier molecular flexibility index (Phi) is 5.40. The van der Waals surface area contributed by atoms with E-state index in [-0.39, 0.29) is 11.9 Å². The summed E-state index contributed by atoms with van der Waals surface area (Å²) in [6.45, 7) is 1.97. The Morgan fingerprint density at radius 3 is 2.36 bits per heavy atom. The first kappa shape index (κ1) is 20.6. The molecule has 6 heteroatoms. The van der Waals surface area contributed by atoms with Crippen LogP contribution in [0.25, 0.3) is 33.2 Å². The average Bonchev–Trinajstić information content (AvgIpc) is 3.30. The first-order chi connectivity index (χ1) is 16.1. The van der Waals surface area contributed by atoms with Crippen LogP contribution in [0.3, 0.4) is 0 Å². The number of carbonyl (C=O) groups is 1. The van der Waals surface area contributed by atoms with Crippen molar-refractivity contribution >= 4 is 16.8 Å². The number of aryl methyl sites for hydroxylation is 1. The molecule has 0 aliphatic rings. The largest absolute Gasteiger partial charge is 0.344 e. The van der Waals surface area contributed by atoms with Gasteiger partial charge in [0.05, 0.1) is 17.8 Å². The number of nitrogens with zero attached hydrogens (tertiary/aromatic N) is 4. The molecule has 3 heterocycles. The highest BCUT2D eigenvalue weighted by Gasteiger charge is 2.15. The minimum absolute atomic E-state index is 0.117. The lowest BCUT2D eigenvalue weighted by molar-refractivity contribution is 0.0935. The molecule has 1 unspecified atom stereocenters. The Morgan fingerprint density at radius 1 is 0.879 bits per heavy atom. The highest BCUT2D eigenvalue weighted by Crippen LogP contribution is 2.29. The van der Waals surface area contributed by atoms with Crippen LogP contribution in [-0.2, 0) is 7.05 Å². The standard InChI is InChI=1S/C27H23N5O/c1-18(19-6-4-3-5-7-19)30-27(33)25-13-12-22-14-28-16-24(26(22)31-25)21-10-8-20(9-11-21)23-15-29-32(2)17-23/h3-18H,1-2H3,(H,30,33). The zero-order valence-corrected chi connectivity index (χ0v) is 18.4. The van der Waals surface area contributed by atoms with E-state index in [0.717, 1.165) is 38.7 Å². The molecule has 2 aromatic carbocycles. The maximum absolute atomic E-state index is 12.9. The number of rotatable bonds is 5. The topological polar surface area (TPSA) is 72.7 Å². The molecule has 5 aromatic rings. The molecule has 162 valence electrons. The van der Waals surface area contributed by atoms with Crippen LogP contribution in [0, 0.1) is 0 Å². The molecule has 1 atom stereocenters. The monoisotopic (exact) mass is 433 g/mol. The summed E-state index contributed by atoms with van der Waals surface area (Å²) in [5.41, 5.74) is 6.20. The molecule has 0 spiro atoms. The third kappa shape index (κ3) is 4.23. The summed E-state index contributed by atoms with van der Waals surface area (Å²) in [5.74, 6) is -0.206. The predicted octanol–water partition coefficient (Wildman–Crippen LogP) is 5.19. The van der Waals surface area contributed by atoms with Gasteiger partial charge in [-0.15, -0.1) is 0 Å². The number of benzene rings is 2. The van der Waals surface area contributed by atoms with Crippen molar-refractivity contribution in [3.05, 3.63) is 103 Å². The molecule has 33 heavy (non-hydrogen) atoms. The summed E-state index contributed by atoms with van der Waals surface area (Å²) >= 11 is 0. The van der Waals surface area contributed by atoms with Crippen molar-refractivity contribution in [2.75, 3.05) is 0 Å². The minimum Gasteiger partial charge on any atom is -0.344 e. The van der Waals surface area contributed by atoms with Crippen LogP contribution in [0.15, 0.2) is 91.5 Å². The van der Waals surface area contributed by atoms with Gasteiger partial charge in [-0.3, -0.25) is 14.5 Å². The van der Waals surface area contributed by atoms with E-state index in [1.54, 1.807) is 23.1 Å². The molecule has 0 radical (unpaired) electrons. The first-order valence-corrected chi connectivity index (χ1v) is 10.8. The van der Waals surface area contributed by atoms with E-state index >= 15 is 0 Å². The highest BCUT2D eigenvalue weighted by molar-refractivity contribution is 5.98. The van der Waals surface area contributed by atoms with Crippen molar-refractivity contribution in [3.63, 3.8) is 0 Å². The molecule has 1 amide bonds. The van der Waals surface area contributed by atoms with Gasteiger partial charge in [-0.05, 0) is 35.7 Å². The molecule has 3 aromatic heterocycles. The molecule has 0 saturated heterocycles. The normalized spacial score (nSPS) is 11.9. The molecule has 0 bridgehead atoms. The lowest BCUT2D eigenvalue weighted by atomic mass is 10.0. The molecule has 0 aliphatic carbocycles. The second-order valence-electron chi connectivity index (χ2n) is 8.04. The summed E-state index contributed by atoms with van der Waals surface area (Å²) in [6, 6.07) is 21.6. The van der Waals surface area contributed by atoms with Crippen molar-refractivity contribution < 1.29 is 4.79 Å². The van der Waals surface area contributed by atoms with Gasteiger partial charge in [-0.25, -0.2) is 4.98 Å². The van der Waals surface area contributed by atoms with Gasteiger partial charge in [0.15, 0.2) is 0 Å². The molecule has 5 rings (SSSR count). The SMILES string of the molecule is CC(NC(=O)c1ccc2cncc(-c3ccc(-c4cnn(C)c4)cc3)c2n1)c1ccccc1. The van der Waals surface area contributed by atoms with Crippen LogP contribution < -0.4 is 5.32 Å². The zero-order valence-electron chi connectivity index (χ0n) is 18.4. The second kappa shape index (κ2) is 8.67. The van der Waals surface area contributed by atoms with Crippen LogP contribution in [0.5, 0.6) is 0 Å². The summed E-state index contributed by atoms with van der Waals surface area (Å²) in [6.07, 6.45) is 7.39. The Morgan fingerprint density at radius 2 is 1.64 bits per heavy atom. The van der Waals surface area contributed by atoms with Gasteiger partial charge in [0.25, 0.3) is 5.91 Å². The van der Waals surface area contributed by atoms with E-state index in [0.29, 0.717) is 5.69 Å². The number of hydrogen-bond acceptors (Lipinski definition) is 4. The second-order valence-corrected chi connectivity index (χ2v) is 8.04. The van der Waals surface area contributed by atoms with Gasteiger partial charge in [0.2, 0.25) is 0 Å². The molecule has 0 saturated carbocycles. The fraction of sp³-hybridized carbons (Fsp3) is 0.111. The van der Waals surface area contributed by atoms with Crippen molar-refractivity contribution in [1.29, 1.82) is 0 Å². The van der Waals surface area contributed by atoms with Gasteiger partial charge in [-0.2, -0.15) is 5.10 Å². The lowest BCUT2D eigenvalue weighted by Crippen LogP contribution is -2.27. The van der Waals surface area contributed by atoms with E-state index < -0.39 is 0 Å². The smallest absolute Gasteiger partial charge is 0.270 e. The van der Waals surface area contributed by atoms with Crippen LogP contribution in [0.2, 0.25) is 0 Å². The zero-order chi connectivity index (χ0) is 22.8. The average molecular weight is 434 g/mol. The molecule has 0 fully saturated rings. The number of hydrogen-bond donors (Lipinski definition) is 1. The van der Waals surface area contributed by atoms with E-state index in [2.05, 4.69) is 27.5 Å². The van der Waals surface area contributed by atoms with Crippen LogP contribution in [0.4, 0.5) is 0 Å². The molecular weight excluding hydrogens is 410 g/mol. The van der Waals surface area contributed by atoms with Gasteiger partial charge in [-0.1, -0.05) is 54.6 Å². The first-order valence-electron chi connectivity index (χ1n) is 10.8. The van der Waals surface area contributed by atoms with Gasteiger partial charge >= 0.3 is 0 Å². The van der Waals surface area contributed by atoms with E-state index in [9.17, 15) is 4.79 Å². The van der Waals surface area contributed by atoms with E-state index in [1.807, 2.05) is 74.9 Å². The summed E-state index contributed by atoms with van der Waals surface area (Å²) in [4.78, 5) is 22.0. The third-order valence-electron chi connectivity index (χ3n) is 5.71. The molecule has 1 N–H and O–H groups in total. The lowest BCUT2D eigenvalue weighted by Gasteiger charge is -2.14. The number of carbonyl (C=O) groups excluding carboxylic acids is 1.